The molecule has 5 nitrogen and oxygen atoms in total. The summed E-state index contributed by atoms with van der Waals surface area (Å²) in [7, 11) is 1.90. The molecule has 1 aromatic heterocycles. The molecule has 1 N–H and O–H groups in total. The van der Waals surface area contributed by atoms with Gasteiger partial charge in [0.25, 0.3) is 5.91 Å². The van der Waals surface area contributed by atoms with Crippen molar-refractivity contribution in [2.24, 2.45) is 0 Å². The van der Waals surface area contributed by atoms with Crippen LogP contribution in [0.1, 0.15) is 16.1 Å². The number of carbonyl (C=O) groups is 1. The van der Waals surface area contributed by atoms with Gasteiger partial charge in [0.2, 0.25) is 0 Å². The van der Waals surface area contributed by atoms with Gasteiger partial charge in [0, 0.05) is 18.6 Å². The van der Waals surface area contributed by atoms with Crippen molar-refractivity contribution in [2.75, 3.05) is 18.6 Å². The van der Waals surface area contributed by atoms with E-state index in [1.807, 2.05) is 40.8 Å². The van der Waals surface area contributed by atoms with Gasteiger partial charge in [0.15, 0.2) is 11.5 Å². The van der Waals surface area contributed by atoms with Gasteiger partial charge < -0.3 is 14.8 Å². The Hall–Kier alpha value is -2.01. The Morgan fingerprint density at radius 2 is 2.11 bits per heavy atom. The normalized spacial score (nSPS) is 14.2. The van der Waals surface area contributed by atoms with Gasteiger partial charge in [-0.05, 0) is 17.7 Å². The smallest absolute Gasteiger partial charge is 0.273 e. The highest BCUT2D eigenvalue weighted by Crippen LogP contribution is 2.21. The molecule has 0 fully saturated rings. The molecule has 0 bridgehead atoms. The van der Waals surface area contributed by atoms with Gasteiger partial charge in [0.1, 0.15) is 0 Å². The van der Waals surface area contributed by atoms with Gasteiger partial charge in [0.05, 0.1) is 13.0 Å². The number of nitrogens with zero attached hydrogens (tertiary/aromatic N) is 3. The molecule has 2 aromatic rings. The molecule has 1 amide bonds. The fourth-order valence-electron chi connectivity index (χ4n) is 2.14. The van der Waals surface area contributed by atoms with Crippen LogP contribution in [0, 0.1) is 0 Å². The topological polar surface area (TPSA) is 50.2 Å². The van der Waals surface area contributed by atoms with E-state index in [9.17, 15) is 4.79 Å². The third kappa shape index (κ3) is 2.17. The average Bonchev–Trinajstić information content (AvgIpc) is 2.82. The minimum Gasteiger partial charge on any atom is -0.340 e. The second-order valence-electron chi connectivity index (χ2n) is 4.53. The van der Waals surface area contributed by atoms with E-state index in [1.54, 1.807) is 6.33 Å². The molecule has 2 heterocycles. The lowest BCUT2D eigenvalue weighted by Gasteiger charge is -2.24. The summed E-state index contributed by atoms with van der Waals surface area (Å²) in [5.41, 5.74) is 1.68. The van der Waals surface area contributed by atoms with Crippen molar-refractivity contribution in [2.45, 2.75) is 6.54 Å². The third-order valence-corrected chi connectivity index (χ3v) is 3.39. The molecule has 0 unspecified atom stereocenters. The van der Waals surface area contributed by atoms with Gasteiger partial charge in [-0.25, -0.2) is 4.98 Å². The van der Waals surface area contributed by atoms with Crippen molar-refractivity contribution in [3.05, 3.63) is 46.9 Å². The standard InChI is InChI=1S/C13H13ClN4O/c1-17-7-16-13(19)11-12(17)15-8-18(11)6-9-2-4-10(14)5-3-9/h2-5,8H,6-7H2,1H3,(H,16,19). The Balaban J connectivity index is 1.94. The van der Waals surface area contributed by atoms with Crippen molar-refractivity contribution in [1.82, 2.24) is 14.9 Å². The minimum atomic E-state index is -0.0837. The highest BCUT2D eigenvalue weighted by molar-refractivity contribution is 6.30. The monoisotopic (exact) mass is 276 g/mol. The van der Waals surface area contributed by atoms with Crippen LogP contribution >= 0.6 is 11.6 Å². The largest absolute Gasteiger partial charge is 0.340 e. The lowest BCUT2D eigenvalue weighted by atomic mass is 10.2. The van der Waals surface area contributed by atoms with Crippen LogP contribution in [0.2, 0.25) is 5.02 Å². The molecule has 1 aromatic carbocycles. The zero-order valence-corrected chi connectivity index (χ0v) is 11.2. The maximum Gasteiger partial charge on any atom is 0.273 e. The van der Waals surface area contributed by atoms with Crippen molar-refractivity contribution in [3.63, 3.8) is 0 Å². The highest BCUT2D eigenvalue weighted by atomic mass is 35.5. The number of carbonyl (C=O) groups excluding carboxylic acids is 1. The van der Waals surface area contributed by atoms with Gasteiger partial charge in [-0.1, -0.05) is 23.7 Å². The summed E-state index contributed by atoms with van der Waals surface area (Å²) >= 11 is 5.86. The molecule has 0 saturated heterocycles. The maximum absolute atomic E-state index is 11.9. The summed E-state index contributed by atoms with van der Waals surface area (Å²) in [5.74, 6) is 0.636. The predicted octanol–water partition coefficient (Wildman–Crippen LogP) is 1.72. The summed E-state index contributed by atoms with van der Waals surface area (Å²) in [6.07, 6.45) is 1.70. The number of fused-ring (bicyclic) bond motifs is 1. The molecule has 3 rings (SSSR count). The van der Waals surface area contributed by atoms with Gasteiger partial charge >= 0.3 is 0 Å². The first-order chi connectivity index (χ1) is 9.15. The van der Waals surface area contributed by atoms with Crippen LogP contribution in [0.25, 0.3) is 0 Å². The molecule has 0 saturated carbocycles. The van der Waals surface area contributed by atoms with E-state index in [-0.39, 0.29) is 5.91 Å². The van der Waals surface area contributed by atoms with E-state index in [1.165, 1.54) is 0 Å². The number of rotatable bonds is 2. The van der Waals surface area contributed by atoms with Crippen LogP contribution in [-0.4, -0.2) is 29.2 Å². The van der Waals surface area contributed by atoms with Crippen LogP contribution in [0.3, 0.4) is 0 Å². The molecule has 19 heavy (non-hydrogen) atoms. The number of aromatic nitrogens is 2. The molecular formula is C13H13ClN4O. The predicted molar refractivity (Wildman–Crippen MR) is 73.5 cm³/mol. The maximum atomic E-state index is 11.9. The lowest BCUT2D eigenvalue weighted by molar-refractivity contribution is 0.0939. The second kappa shape index (κ2) is 4.59. The Kier molecular flexibility index (Phi) is 2.91. The average molecular weight is 277 g/mol. The molecule has 6 heteroatoms. The Morgan fingerprint density at radius 1 is 1.37 bits per heavy atom. The molecule has 1 aliphatic rings. The first-order valence-electron chi connectivity index (χ1n) is 5.94. The number of imidazole rings is 1. The fraction of sp³-hybridized carbons (Fsp3) is 0.231. The van der Waals surface area contributed by atoms with Gasteiger partial charge in [-0.2, -0.15) is 0 Å². The highest BCUT2D eigenvalue weighted by Gasteiger charge is 2.25. The summed E-state index contributed by atoms with van der Waals surface area (Å²) in [4.78, 5) is 18.2. The molecular weight excluding hydrogens is 264 g/mol. The zero-order valence-electron chi connectivity index (χ0n) is 10.4. The van der Waals surface area contributed by atoms with E-state index in [0.717, 1.165) is 11.4 Å². The lowest BCUT2D eigenvalue weighted by Crippen LogP contribution is -2.42. The van der Waals surface area contributed by atoms with Crippen LogP contribution in [0.15, 0.2) is 30.6 Å². The number of benzene rings is 1. The van der Waals surface area contributed by atoms with Crippen LogP contribution in [-0.2, 0) is 6.54 Å². The first-order valence-corrected chi connectivity index (χ1v) is 6.32. The summed E-state index contributed by atoms with van der Waals surface area (Å²) in [6.45, 7) is 1.09. The number of nitrogens with one attached hydrogen (secondary N) is 1. The number of anilines is 1. The Morgan fingerprint density at radius 3 is 2.84 bits per heavy atom. The quantitative estimate of drug-likeness (QED) is 0.909. The summed E-state index contributed by atoms with van der Waals surface area (Å²) in [5, 5.41) is 3.52. The van der Waals surface area contributed by atoms with Crippen molar-refractivity contribution in [1.29, 1.82) is 0 Å². The van der Waals surface area contributed by atoms with Crippen molar-refractivity contribution in [3.8, 4) is 0 Å². The molecule has 0 aliphatic carbocycles. The number of amides is 1. The fourth-order valence-corrected chi connectivity index (χ4v) is 2.26. The minimum absolute atomic E-state index is 0.0837. The first kappa shape index (κ1) is 12.0. The second-order valence-corrected chi connectivity index (χ2v) is 4.97. The van der Waals surface area contributed by atoms with Gasteiger partial charge in [-0.15, -0.1) is 0 Å². The van der Waals surface area contributed by atoms with Crippen molar-refractivity contribution >= 4 is 23.3 Å². The van der Waals surface area contributed by atoms with E-state index < -0.39 is 0 Å². The Labute approximate surface area is 115 Å². The zero-order chi connectivity index (χ0) is 13.4. The van der Waals surface area contributed by atoms with E-state index in [0.29, 0.717) is 23.9 Å². The molecule has 1 aliphatic heterocycles. The molecule has 0 radical (unpaired) electrons. The van der Waals surface area contributed by atoms with Crippen LogP contribution in [0.5, 0.6) is 0 Å². The van der Waals surface area contributed by atoms with E-state index in [2.05, 4.69) is 10.3 Å². The van der Waals surface area contributed by atoms with E-state index in [4.69, 9.17) is 11.6 Å². The van der Waals surface area contributed by atoms with Crippen molar-refractivity contribution < 1.29 is 4.79 Å². The summed E-state index contributed by atoms with van der Waals surface area (Å²) in [6, 6.07) is 7.57. The van der Waals surface area contributed by atoms with E-state index >= 15 is 0 Å². The molecule has 0 spiro atoms. The van der Waals surface area contributed by atoms with Gasteiger partial charge in [-0.3, -0.25) is 4.79 Å². The molecule has 98 valence electrons. The van der Waals surface area contributed by atoms with Crippen LogP contribution in [0.4, 0.5) is 5.82 Å². The number of hydrogen-bond donors (Lipinski definition) is 1. The van der Waals surface area contributed by atoms with Crippen LogP contribution < -0.4 is 10.2 Å². The SMILES string of the molecule is CN1CNC(=O)c2c1ncn2Cc1ccc(Cl)cc1. The third-order valence-electron chi connectivity index (χ3n) is 3.14. The molecule has 0 atom stereocenters. The Bertz CT molecular complexity index is 620. The summed E-state index contributed by atoms with van der Waals surface area (Å²) < 4.78 is 1.85. The number of hydrogen-bond acceptors (Lipinski definition) is 3. The number of halogens is 1.